The van der Waals surface area contributed by atoms with Gasteiger partial charge in [-0.15, -0.1) is 0 Å². The third kappa shape index (κ3) is 4.94. The summed E-state index contributed by atoms with van der Waals surface area (Å²) in [7, 11) is 6.66. The van der Waals surface area contributed by atoms with Gasteiger partial charge in [0.25, 0.3) is 0 Å². The van der Waals surface area contributed by atoms with Crippen molar-refractivity contribution in [2.45, 2.75) is 58.0 Å². The molecule has 3 fully saturated rings. The van der Waals surface area contributed by atoms with Crippen molar-refractivity contribution >= 4 is 0 Å². The summed E-state index contributed by atoms with van der Waals surface area (Å²) >= 11 is 0. The fourth-order valence-corrected chi connectivity index (χ4v) is 4.23. The Balaban J connectivity index is 0.000000161. The summed E-state index contributed by atoms with van der Waals surface area (Å²) in [5.41, 5.74) is 0. The predicted molar refractivity (Wildman–Crippen MR) is 91.7 cm³/mol. The van der Waals surface area contributed by atoms with Crippen LogP contribution in [0, 0.1) is 11.8 Å². The van der Waals surface area contributed by atoms with Gasteiger partial charge in [0.2, 0.25) is 0 Å². The van der Waals surface area contributed by atoms with Crippen LogP contribution in [-0.2, 0) is 0 Å². The van der Waals surface area contributed by atoms with E-state index in [1.807, 2.05) is 0 Å². The van der Waals surface area contributed by atoms with E-state index in [-0.39, 0.29) is 0 Å². The number of rotatable bonds is 0. The van der Waals surface area contributed by atoms with Gasteiger partial charge in [-0.3, -0.25) is 0 Å². The molecular weight excluding hydrogens is 258 g/mol. The highest BCUT2D eigenvalue weighted by Crippen LogP contribution is 2.37. The van der Waals surface area contributed by atoms with Gasteiger partial charge in [-0.1, -0.05) is 19.3 Å². The van der Waals surface area contributed by atoms with Crippen molar-refractivity contribution in [3.05, 3.63) is 0 Å². The van der Waals surface area contributed by atoms with E-state index in [9.17, 15) is 0 Å². The largest absolute Gasteiger partial charge is 0.304 e. The molecule has 3 aliphatic rings. The first-order chi connectivity index (χ1) is 9.97. The summed E-state index contributed by atoms with van der Waals surface area (Å²) < 4.78 is 0. The van der Waals surface area contributed by atoms with E-state index in [4.69, 9.17) is 0 Å². The van der Waals surface area contributed by atoms with E-state index < -0.39 is 0 Å². The van der Waals surface area contributed by atoms with Crippen LogP contribution < -0.4 is 0 Å². The number of piperidine rings is 1. The molecule has 0 bridgehead atoms. The monoisotopic (exact) mass is 295 g/mol. The van der Waals surface area contributed by atoms with Gasteiger partial charge in [-0.05, 0) is 59.7 Å². The molecule has 3 rings (SSSR count). The summed E-state index contributed by atoms with van der Waals surface area (Å²) in [5, 5.41) is 0. The van der Waals surface area contributed by atoms with Crippen LogP contribution in [0.1, 0.15) is 46.0 Å². The molecule has 0 radical (unpaired) electrons. The maximum atomic E-state index is 2.55. The smallest absolute Gasteiger partial charge is 0.0192 e. The lowest BCUT2D eigenvalue weighted by molar-refractivity contribution is 0.0650. The van der Waals surface area contributed by atoms with Crippen LogP contribution in [0.5, 0.6) is 0 Å². The lowest BCUT2D eigenvalue weighted by Gasteiger charge is -2.43. The van der Waals surface area contributed by atoms with Gasteiger partial charge >= 0.3 is 0 Å². The molecule has 0 aromatic carbocycles. The molecule has 0 amide bonds. The Kier molecular flexibility index (Phi) is 6.51. The SMILES string of the molecule is CC1CC2CCCCC2CN1C.CC1CN(C)CCN1C. The molecule has 2 heterocycles. The molecule has 124 valence electrons. The number of hydrogen-bond donors (Lipinski definition) is 0. The molecule has 3 heteroatoms. The van der Waals surface area contributed by atoms with Crippen LogP contribution in [0.4, 0.5) is 0 Å². The van der Waals surface area contributed by atoms with E-state index in [0.717, 1.165) is 23.9 Å². The van der Waals surface area contributed by atoms with E-state index in [1.54, 1.807) is 0 Å². The quantitative estimate of drug-likeness (QED) is 0.680. The highest BCUT2D eigenvalue weighted by Gasteiger charge is 2.32. The maximum Gasteiger partial charge on any atom is 0.0192 e. The lowest BCUT2D eigenvalue weighted by Crippen LogP contribution is -2.48. The third-order valence-electron chi connectivity index (χ3n) is 6.15. The van der Waals surface area contributed by atoms with Crippen molar-refractivity contribution in [2.24, 2.45) is 11.8 Å². The van der Waals surface area contributed by atoms with Crippen molar-refractivity contribution in [3.8, 4) is 0 Å². The summed E-state index contributed by atoms with van der Waals surface area (Å²) in [6.45, 7) is 9.68. The minimum Gasteiger partial charge on any atom is -0.304 e. The number of likely N-dealkylation sites (tertiary alicyclic amines) is 1. The Morgan fingerprint density at radius 1 is 0.714 bits per heavy atom. The van der Waals surface area contributed by atoms with Gasteiger partial charge in [0, 0.05) is 38.3 Å². The molecular formula is C18H37N3. The first-order valence-electron chi connectivity index (χ1n) is 9.06. The molecule has 4 unspecified atom stereocenters. The summed E-state index contributed by atoms with van der Waals surface area (Å²) in [4.78, 5) is 7.33. The number of hydrogen-bond acceptors (Lipinski definition) is 3. The normalized spacial score (nSPS) is 39.3. The Morgan fingerprint density at radius 3 is 2.00 bits per heavy atom. The highest BCUT2D eigenvalue weighted by atomic mass is 15.3. The standard InChI is InChI=1S/C11H21N.C7H16N2/c1-9-7-10-5-3-4-6-11(10)8-12(9)2;1-7-6-8(2)4-5-9(7)3/h9-11H,3-8H2,1-2H3;7H,4-6H2,1-3H3. The number of nitrogens with zero attached hydrogens (tertiary/aromatic N) is 3. The third-order valence-corrected chi connectivity index (χ3v) is 6.15. The zero-order valence-corrected chi connectivity index (χ0v) is 15.0. The number of likely N-dealkylation sites (N-methyl/N-ethyl adjacent to an activating group) is 2. The fraction of sp³-hybridized carbons (Fsp3) is 1.00. The second kappa shape index (κ2) is 7.94. The van der Waals surface area contributed by atoms with Crippen molar-refractivity contribution in [2.75, 3.05) is 47.3 Å². The average Bonchev–Trinajstić information content (AvgIpc) is 2.45. The second-order valence-corrected chi connectivity index (χ2v) is 7.92. The van der Waals surface area contributed by atoms with Gasteiger partial charge in [0.05, 0.1) is 0 Å². The number of fused-ring (bicyclic) bond motifs is 1. The second-order valence-electron chi connectivity index (χ2n) is 7.92. The zero-order valence-electron chi connectivity index (χ0n) is 15.0. The van der Waals surface area contributed by atoms with Gasteiger partial charge < -0.3 is 14.7 Å². The van der Waals surface area contributed by atoms with Crippen LogP contribution >= 0.6 is 0 Å². The summed E-state index contributed by atoms with van der Waals surface area (Å²) in [6, 6.07) is 1.58. The molecule has 4 atom stereocenters. The van der Waals surface area contributed by atoms with Crippen molar-refractivity contribution in [1.29, 1.82) is 0 Å². The topological polar surface area (TPSA) is 9.72 Å². The molecule has 2 saturated heterocycles. The van der Waals surface area contributed by atoms with Crippen LogP contribution in [0.15, 0.2) is 0 Å². The Labute approximate surface area is 132 Å². The van der Waals surface area contributed by atoms with Crippen molar-refractivity contribution < 1.29 is 0 Å². The minimum atomic E-state index is 0.740. The molecule has 21 heavy (non-hydrogen) atoms. The van der Waals surface area contributed by atoms with Crippen LogP contribution in [0.3, 0.4) is 0 Å². The average molecular weight is 296 g/mol. The number of piperazine rings is 1. The lowest BCUT2D eigenvalue weighted by atomic mass is 9.73. The minimum absolute atomic E-state index is 0.740. The molecule has 0 N–H and O–H groups in total. The summed E-state index contributed by atoms with van der Waals surface area (Å²) in [6.07, 6.45) is 7.47. The van der Waals surface area contributed by atoms with Crippen LogP contribution in [0.2, 0.25) is 0 Å². The molecule has 0 aromatic heterocycles. The van der Waals surface area contributed by atoms with Gasteiger partial charge in [-0.2, -0.15) is 0 Å². The Hall–Kier alpha value is -0.120. The van der Waals surface area contributed by atoms with Crippen LogP contribution in [-0.4, -0.2) is 74.1 Å². The van der Waals surface area contributed by atoms with E-state index in [0.29, 0.717) is 0 Å². The predicted octanol–water partition coefficient (Wildman–Crippen LogP) is 2.77. The summed E-state index contributed by atoms with van der Waals surface area (Å²) in [5.74, 6) is 2.12. The molecule has 0 aromatic rings. The van der Waals surface area contributed by atoms with Crippen molar-refractivity contribution in [3.63, 3.8) is 0 Å². The van der Waals surface area contributed by atoms with Gasteiger partial charge in [-0.25, -0.2) is 0 Å². The molecule has 0 spiro atoms. The zero-order chi connectivity index (χ0) is 15.4. The molecule has 3 nitrogen and oxygen atoms in total. The highest BCUT2D eigenvalue weighted by molar-refractivity contribution is 4.85. The van der Waals surface area contributed by atoms with Gasteiger partial charge in [0.1, 0.15) is 0 Å². The molecule has 1 saturated carbocycles. The Bertz CT molecular complexity index is 289. The van der Waals surface area contributed by atoms with E-state index in [1.165, 1.54) is 58.3 Å². The first kappa shape index (κ1) is 17.2. The fourth-order valence-electron chi connectivity index (χ4n) is 4.23. The first-order valence-corrected chi connectivity index (χ1v) is 9.06. The van der Waals surface area contributed by atoms with Crippen LogP contribution in [0.25, 0.3) is 0 Å². The maximum absolute atomic E-state index is 2.55. The molecule has 1 aliphatic carbocycles. The van der Waals surface area contributed by atoms with Crippen molar-refractivity contribution in [1.82, 2.24) is 14.7 Å². The van der Waals surface area contributed by atoms with E-state index >= 15 is 0 Å². The van der Waals surface area contributed by atoms with E-state index in [2.05, 4.69) is 49.7 Å². The Morgan fingerprint density at radius 2 is 1.38 bits per heavy atom. The molecule has 2 aliphatic heterocycles. The van der Waals surface area contributed by atoms with Gasteiger partial charge in [0.15, 0.2) is 0 Å².